The smallest absolute Gasteiger partial charge is 0.243 e. The third kappa shape index (κ3) is 4.07. The van der Waals surface area contributed by atoms with E-state index >= 15 is 0 Å². The van der Waals surface area contributed by atoms with E-state index in [1.165, 1.54) is 33.3 Å². The summed E-state index contributed by atoms with van der Waals surface area (Å²) in [6.45, 7) is 1.46. The maximum absolute atomic E-state index is 12.7. The summed E-state index contributed by atoms with van der Waals surface area (Å²) in [5, 5.41) is 6.75. The summed E-state index contributed by atoms with van der Waals surface area (Å²) >= 11 is 0. The number of methoxy groups -OCH3 is 3. The lowest BCUT2D eigenvalue weighted by Crippen LogP contribution is -2.25. The van der Waals surface area contributed by atoms with Gasteiger partial charge in [0.2, 0.25) is 23.8 Å². The largest absolute Gasteiger partial charge is 0.493 e. The highest BCUT2D eigenvalue weighted by Crippen LogP contribution is 2.41. The highest BCUT2D eigenvalue weighted by atomic mass is 16.5. The maximum Gasteiger partial charge on any atom is 0.243 e. The number of aromatic nitrogens is 1. The zero-order chi connectivity index (χ0) is 25.2. The summed E-state index contributed by atoms with van der Waals surface area (Å²) in [5.41, 5.74) is 3.89. The van der Waals surface area contributed by atoms with Crippen molar-refractivity contribution in [1.29, 1.82) is 0 Å². The van der Waals surface area contributed by atoms with E-state index in [-0.39, 0.29) is 11.8 Å². The number of benzene rings is 3. The first-order valence-corrected chi connectivity index (χ1v) is 11.3. The van der Waals surface area contributed by atoms with Gasteiger partial charge in [0.25, 0.3) is 0 Å². The standard InChI is InChI=1S/C28H25N3O5/c1-17(32)31-28(36-27(30-31)19-14-24(33-2)26(35-4)25(15-19)34-3)21-16-23(18-10-6-5-7-11-18)29-22-13-9-8-12-20(21)22/h5-16,28H,1-4H3/t28-/m0/s1. The normalized spacial score (nSPS) is 14.8. The fourth-order valence-electron chi connectivity index (χ4n) is 4.25. The van der Waals surface area contributed by atoms with Crippen molar-refractivity contribution >= 4 is 22.7 Å². The molecule has 5 rings (SSSR count). The van der Waals surface area contributed by atoms with E-state index in [0.717, 1.165) is 27.7 Å². The first-order valence-electron chi connectivity index (χ1n) is 11.3. The van der Waals surface area contributed by atoms with Gasteiger partial charge in [0.15, 0.2) is 11.5 Å². The van der Waals surface area contributed by atoms with E-state index < -0.39 is 6.23 Å². The Morgan fingerprint density at radius 1 is 0.861 bits per heavy atom. The minimum atomic E-state index is -0.785. The van der Waals surface area contributed by atoms with Gasteiger partial charge in [-0.25, -0.2) is 4.98 Å². The summed E-state index contributed by atoms with van der Waals surface area (Å²) in [7, 11) is 4.62. The second kappa shape index (κ2) is 9.58. The molecule has 0 N–H and O–H groups in total. The molecule has 1 aliphatic rings. The lowest BCUT2D eigenvalue weighted by Gasteiger charge is -2.21. The van der Waals surface area contributed by atoms with Gasteiger partial charge in [-0.1, -0.05) is 48.5 Å². The number of nitrogens with zero attached hydrogens (tertiary/aromatic N) is 3. The summed E-state index contributed by atoms with van der Waals surface area (Å²) in [6, 6.07) is 23.1. The van der Waals surface area contributed by atoms with E-state index in [1.54, 1.807) is 12.1 Å². The van der Waals surface area contributed by atoms with Gasteiger partial charge < -0.3 is 18.9 Å². The van der Waals surface area contributed by atoms with Crippen LogP contribution in [0, 0.1) is 0 Å². The number of para-hydroxylation sites is 1. The lowest BCUT2D eigenvalue weighted by atomic mass is 10.0. The van der Waals surface area contributed by atoms with Gasteiger partial charge in [-0.2, -0.15) is 5.01 Å². The predicted octanol–water partition coefficient (Wildman–Crippen LogP) is 5.17. The molecule has 8 nitrogen and oxygen atoms in total. The first-order chi connectivity index (χ1) is 17.5. The molecule has 4 aromatic rings. The van der Waals surface area contributed by atoms with Crippen molar-refractivity contribution < 1.29 is 23.7 Å². The Labute approximate surface area is 208 Å². The van der Waals surface area contributed by atoms with Crippen molar-refractivity contribution in [3.05, 3.63) is 83.9 Å². The fraction of sp³-hybridized carbons (Fsp3) is 0.179. The Morgan fingerprint density at radius 3 is 2.17 bits per heavy atom. The number of carbonyl (C=O) groups is 1. The number of carbonyl (C=O) groups excluding carboxylic acids is 1. The fourth-order valence-corrected chi connectivity index (χ4v) is 4.25. The maximum atomic E-state index is 12.7. The molecule has 3 aromatic carbocycles. The van der Waals surface area contributed by atoms with Crippen molar-refractivity contribution in [3.8, 4) is 28.5 Å². The van der Waals surface area contributed by atoms with Gasteiger partial charge in [0.1, 0.15) is 0 Å². The van der Waals surface area contributed by atoms with Crippen LogP contribution in [0.1, 0.15) is 24.3 Å². The van der Waals surface area contributed by atoms with Crippen LogP contribution in [0.25, 0.3) is 22.2 Å². The number of ether oxygens (including phenoxy) is 4. The molecule has 0 radical (unpaired) electrons. The van der Waals surface area contributed by atoms with E-state index in [9.17, 15) is 4.79 Å². The van der Waals surface area contributed by atoms with Crippen molar-refractivity contribution in [3.63, 3.8) is 0 Å². The number of hydrogen-bond donors (Lipinski definition) is 0. The number of fused-ring (bicyclic) bond motifs is 1. The number of rotatable bonds is 6. The van der Waals surface area contributed by atoms with Crippen LogP contribution >= 0.6 is 0 Å². The number of hydrazone groups is 1. The third-order valence-corrected chi connectivity index (χ3v) is 5.96. The molecule has 0 unspecified atom stereocenters. The Morgan fingerprint density at radius 2 is 1.53 bits per heavy atom. The van der Waals surface area contributed by atoms with Crippen molar-refractivity contribution in [2.24, 2.45) is 5.10 Å². The molecule has 1 aromatic heterocycles. The number of pyridine rings is 1. The van der Waals surface area contributed by atoms with E-state index in [1.807, 2.05) is 60.7 Å². The Balaban J connectivity index is 1.63. The molecule has 1 atom stereocenters. The summed E-state index contributed by atoms with van der Waals surface area (Å²) in [5.74, 6) is 1.37. The van der Waals surface area contributed by atoms with Crippen molar-refractivity contribution in [2.75, 3.05) is 21.3 Å². The molecule has 2 heterocycles. The van der Waals surface area contributed by atoms with Crippen LogP contribution in [0.2, 0.25) is 0 Å². The highest BCUT2D eigenvalue weighted by Gasteiger charge is 2.35. The van der Waals surface area contributed by atoms with E-state index in [4.69, 9.17) is 23.9 Å². The molecule has 0 fully saturated rings. The van der Waals surface area contributed by atoms with Gasteiger partial charge in [0, 0.05) is 29.0 Å². The Bertz CT molecular complexity index is 1440. The molecule has 0 aliphatic carbocycles. The molecule has 36 heavy (non-hydrogen) atoms. The quantitative estimate of drug-likeness (QED) is 0.377. The SMILES string of the molecule is COc1cc(C2=NN(C(C)=O)[C@H](c3cc(-c4ccccc4)nc4ccccc34)O2)cc(OC)c1OC. The van der Waals surface area contributed by atoms with Crippen LogP contribution < -0.4 is 14.2 Å². The average molecular weight is 484 g/mol. The molecule has 0 saturated heterocycles. The first kappa shape index (κ1) is 23.2. The lowest BCUT2D eigenvalue weighted by molar-refractivity contribution is -0.135. The summed E-state index contributed by atoms with van der Waals surface area (Å²) < 4.78 is 22.7. The predicted molar refractivity (Wildman–Crippen MR) is 136 cm³/mol. The van der Waals surface area contributed by atoms with E-state index in [2.05, 4.69) is 5.10 Å². The van der Waals surface area contributed by atoms with E-state index in [0.29, 0.717) is 22.8 Å². The van der Waals surface area contributed by atoms with Crippen LogP contribution in [-0.4, -0.2) is 43.1 Å². The average Bonchev–Trinajstić information content (AvgIpc) is 3.38. The number of amides is 1. The topological polar surface area (TPSA) is 82.5 Å². The van der Waals surface area contributed by atoms with Crippen LogP contribution in [0.4, 0.5) is 0 Å². The van der Waals surface area contributed by atoms with Crippen LogP contribution in [0.5, 0.6) is 17.2 Å². The number of hydrogen-bond acceptors (Lipinski definition) is 7. The second-order valence-electron chi connectivity index (χ2n) is 8.13. The molecule has 0 saturated carbocycles. The minimum absolute atomic E-state index is 0.260. The zero-order valence-electron chi connectivity index (χ0n) is 20.4. The monoisotopic (exact) mass is 483 g/mol. The molecular formula is C28H25N3O5. The molecule has 0 spiro atoms. The summed E-state index contributed by atoms with van der Waals surface area (Å²) in [4.78, 5) is 17.5. The molecular weight excluding hydrogens is 458 g/mol. The van der Waals surface area contributed by atoms with Gasteiger partial charge in [-0.15, -0.1) is 5.10 Å². The molecule has 1 aliphatic heterocycles. The van der Waals surface area contributed by atoms with Crippen LogP contribution in [0.15, 0.2) is 77.9 Å². The van der Waals surface area contributed by atoms with Crippen LogP contribution in [-0.2, 0) is 9.53 Å². The van der Waals surface area contributed by atoms with Crippen LogP contribution in [0.3, 0.4) is 0 Å². The molecule has 182 valence electrons. The van der Waals surface area contributed by atoms with Gasteiger partial charge in [-0.05, 0) is 24.3 Å². The minimum Gasteiger partial charge on any atom is -0.493 e. The molecule has 1 amide bonds. The van der Waals surface area contributed by atoms with Crippen molar-refractivity contribution in [1.82, 2.24) is 9.99 Å². The third-order valence-electron chi connectivity index (χ3n) is 5.96. The Hall–Kier alpha value is -4.59. The van der Waals surface area contributed by atoms with Gasteiger partial charge in [-0.3, -0.25) is 4.79 Å². The summed E-state index contributed by atoms with van der Waals surface area (Å²) in [6.07, 6.45) is -0.785. The molecule has 8 heteroatoms. The Kier molecular flexibility index (Phi) is 6.16. The van der Waals surface area contributed by atoms with Gasteiger partial charge in [0.05, 0.1) is 32.5 Å². The van der Waals surface area contributed by atoms with Crippen molar-refractivity contribution in [2.45, 2.75) is 13.2 Å². The second-order valence-corrected chi connectivity index (χ2v) is 8.13. The van der Waals surface area contributed by atoms with Gasteiger partial charge >= 0.3 is 0 Å². The zero-order valence-corrected chi connectivity index (χ0v) is 20.4. The molecule has 0 bridgehead atoms. The highest BCUT2D eigenvalue weighted by molar-refractivity contribution is 5.98.